The van der Waals surface area contributed by atoms with Crippen molar-refractivity contribution in [3.63, 3.8) is 0 Å². The molecule has 6 aromatic rings. The van der Waals surface area contributed by atoms with Crippen LogP contribution in [0.4, 0.5) is 17.1 Å². The first-order valence-electron chi connectivity index (χ1n) is 19.6. The van der Waals surface area contributed by atoms with Gasteiger partial charge in [0.25, 0.3) is 21.9 Å². The number of H-pyrrole nitrogens is 1. The van der Waals surface area contributed by atoms with Gasteiger partial charge in [-0.25, -0.2) is 0 Å². The van der Waals surface area contributed by atoms with Crippen molar-refractivity contribution in [3.8, 4) is 23.0 Å². The average Bonchev–Trinajstić information content (AvgIpc) is 3.80. The van der Waals surface area contributed by atoms with Crippen LogP contribution in [0.5, 0.6) is 23.0 Å². The number of aromatic nitrogens is 3. The summed E-state index contributed by atoms with van der Waals surface area (Å²) in [6, 6.07) is 24.7. The van der Waals surface area contributed by atoms with Crippen LogP contribution in [0.25, 0.3) is 6.08 Å². The molecule has 0 radical (unpaired) electrons. The lowest BCUT2D eigenvalue weighted by molar-refractivity contribution is -0.120. The number of methoxy groups -OCH3 is 2. The lowest BCUT2D eigenvalue weighted by Crippen LogP contribution is -2.27. The Labute approximate surface area is 372 Å². The molecule has 5 aromatic carbocycles. The van der Waals surface area contributed by atoms with E-state index in [2.05, 4.69) is 31.4 Å². The van der Waals surface area contributed by atoms with Gasteiger partial charge in [-0.15, -0.1) is 0 Å². The van der Waals surface area contributed by atoms with Gasteiger partial charge in [0.15, 0.2) is 23.1 Å². The number of anilines is 3. The quantitative estimate of drug-likeness (QED) is 0.0285. The normalized spacial score (nSPS) is 11.8. The van der Waals surface area contributed by atoms with Crippen LogP contribution in [-0.2, 0) is 32.5 Å². The Morgan fingerprint density at radius 1 is 0.785 bits per heavy atom. The van der Waals surface area contributed by atoms with Crippen molar-refractivity contribution >= 4 is 62.5 Å². The van der Waals surface area contributed by atoms with Gasteiger partial charge < -0.3 is 35.6 Å². The number of phenolic OH excluding ortho intramolecular Hbond substituents is 2. The molecule has 0 fully saturated rings. The number of nitrogens with one attached hydrogen (secondary N) is 4. The fourth-order valence-electron chi connectivity index (χ4n) is 6.54. The van der Waals surface area contributed by atoms with Crippen LogP contribution in [0, 0.1) is 5.92 Å². The highest BCUT2D eigenvalue weighted by atomic mass is 32.2. The molecule has 1 aromatic heterocycles. The molecule has 0 aliphatic rings. The second-order valence-corrected chi connectivity index (χ2v) is 16.0. The summed E-state index contributed by atoms with van der Waals surface area (Å²) in [5.41, 5.74) is 3.05. The van der Waals surface area contributed by atoms with Crippen molar-refractivity contribution in [1.29, 1.82) is 0 Å². The Morgan fingerprint density at radius 2 is 1.45 bits per heavy atom. The number of hydrogen-bond donors (Lipinski definition) is 7. The topological polar surface area (TPSA) is 276 Å². The van der Waals surface area contributed by atoms with Crippen LogP contribution >= 0.6 is 0 Å². The van der Waals surface area contributed by atoms with E-state index in [0.29, 0.717) is 28.1 Å². The van der Waals surface area contributed by atoms with Gasteiger partial charge >= 0.3 is 0 Å². The smallest absolute Gasteiger partial charge is 0.294 e. The lowest BCUT2D eigenvalue weighted by atomic mass is 9.92. The Bertz CT molecular complexity index is 2880. The molecule has 0 aliphatic heterocycles. The molecule has 7 N–H and O–H groups in total. The van der Waals surface area contributed by atoms with Crippen LogP contribution in [0.1, 0.15) is 61.2 Å². The van der Waals surface area contributed by atoms with E-state index in [-0.39, 0.29) is 70.6 Å². The zero-order valence-electron chi connectivity index (χ0n) is 35.0. The van der Waals surface area contributed by atoms with E-state index >= 15 is 0 Å². The first kappa shape index (κ1) is 46.3. The Kier molecular flexibility index (Phi) is 14.5. The number of ether oxygens (including phenoxy) is 2. The number of hydrogen-bond acceptors (Lipinski definition) is 13. The highest BCUT2D eigenvalue weighted by molar-refractivity contribution is 7.85. The first-order valence-corrected chi connectivity index (χ1v) is 21.0. The summed E-state index contributed by atoms with van der Waals surface area (Å²) >= 11 is 0. The summed E-state index contributed by atoms with van der Waals surface area (Å²) in [4.78, 5) is 66.0. The average molecular weight is 903 g/mol. The zero-order chi connectivity index (χ0) is 46.8. The van der Waals surface area contributed by atoms with Gasteiger partial charge in [-0.1, -0.05) is 36.4 Å². The number of amides is 3. The number of benzene rings is 5. The van der Waals surface area contributed by atoms with Crippen LogP contribution in [0.3, 0.4) is 0 Å². The summed E-state index contributed by atoms with van der Waals surface area (Å²) in [5, 5.41) is 38.7. The predicted molar refractivity (Wildman–Crippen MR) is 238 cm³/mol. The molecule has 1 unspecified atom stereocenters. The number of rotatable bonds is 18. The number of nitrogens with zero attached hydrogens (tertiary/aromatic N) is 2. The fourth-order valence-corrected chi connectivity index (χ4v) is 7.03. The van der Waals surface area contributed by atoms with Crippen molar-refractivity contribution in [2.45, 2.75) is 31.1 Å². The van der Waals surface area contributed by atoms with E-state index in [9.17, 15) is 47.2 Å². The van der Waals surface area contributed by atoms with Gasteiger partial charge in [-0.2, -0.15) is 23.8 Å². The summed E-state index contributed by atoms with van der Waals surface area (Å²) < 4.78 is 42.8. The minimum absolute atomic E-state index is 0.0109. The minimum Gasteiger partial charge on any atom is -0.508 e. The first-order chi connectivity index (χ1) is 31.0. The highest BCUT2D eigenvalue weighted by Gasteiger charge is 2.26. The molecule has 334 valence electrons. The summed E-state index contributed by atoms with van der Waals surface area (Å²) in [6.45, 7) is 1.71. The van der Waals surface area contributed by atoms with E-state index in [1.165, 1.54) is 75.0 Å². The second kappa shape index (κ2) is 20.4. The molecule has 18 nitrogen and oxygen atoms in total. The molecule has 3 amide bonds. The SMILES string of the molecule is COc1cc(S(=O)(=O)O)ccc1NC(=O)c1ccc(NC(=O)c2ccc(NC(=O)C(CC(=O)c3ccc(CC(=O)/C(C)=C/c4ccc(O)cc4)cc3)Cc3cn[nH]n3)cc2)c(OC)c1O. The molecule has 0 bridgehead atoms. The number of phenols is 2. The van der Waals surface area contributed by atoms with Gasteiger partial charge in [-0.05, 0) is 90.4 Å². The summed E-state index contributed by atoms with van der Waals surface area (Å²) in [6.07, 6.45) is 3.20. The third-order valence-corrected chi connectivity index (χ3v) is 10.9. The molecular formula is C46H42N6O12S. The second-order valence-electron chi connectivity index (χ2n) is 14.6. The van der Waals surface area contributed by atoms with Crippen molar-refractivity contribution in [1.82, 2.24) is 15.4 Å². The van der Waals surface area contributed by atoms with E-state index in [0.717, 1.165) is 17.7 Å². The zero-order valence-corrected chi connectivity index (χ0v) is 35.8. The third kappa shape index (κ3) is 11.9. The molecule has 19 heteroatoms. The van der Waals surface area contributed by atoms with Crippen LogP contribution in [0.15, 0.2) is 120 Å². The van der Waals surface area contributed by atoms with Crippen molar-refractivity contribution < 1.29 is 56.6 Å². The van der Waals surface area contributed by atoms with Crippen molar-refractivity contribution in [3.05, 3.63) is 148 Å². The van der Waals surface area contributed by atoms with Gasteiger partial charge in [0.2, 0.25) is 5.91 Å². The number of carbonyl (C=O) groups excluding carboxylic acids is 5. The van der Waals surface area contributed by atoms with Crippen LogP contribution in [-0.4, -0.2) is 82.1 Å². The highest BCUT2D eigenvalue weighted by Crippen LogP contribution is 2.39. The standard InChI is InChI=1S/C46H42N6O12S/c1-26(20-27-6-14-34(53)15-7-27)39(54)21-28-4-8-29(9-5-28)40(55)23-31(22-33-25-47-52-51-33)45(58)48-32-12-10-30(11-13-32)44(57)50-38-19-17-36(42(56)43(38)64-3)46(59)49-37-18-16-35(65(60,61)62)24-41(37)63-2/h4-20,24-25,31,53,56H,21-23H2,1-3H3,(H,48,58)(H,49,59)(H,50,57)(H,47,51,52)(H,60,61,62)/b26-20+. The number of ketones is 2. The molecule has 0 saturated heterocycles. The predicted octanol–water partition coefficient (Wildman–Crippen LogP) is 6.27. The fraction of sp³-hybridized carbons (Fsp3) is 0.152. The molecule has 0 aliphatic carbocycles. The van der Waals surface area contributed by atoms with Crippen molar-refractivity contribution in [2.24, 2.45) is 5.92 Å². The molecule has 1 atom stereocenters. The van der Waals surface area contributed by atoms with Gasteiger partial charge in [0.1, 0.15) is 11.5 Å². The number of aromatic hydroxyl groups is 2. The van der Waals surface area contributed by atoms with Gasteiger partial charge in [-0.3, -0.25) is 28.5 Å². The summed E-state index contributed by atoms with van der Waals surface area (Å²) in [7, 11) is -2.11. The maximum atomic E-state index is 13.7. The maximum absolute atomic E-state index is 13.7. The number of allylic oxidation sites excluding steroid dienone is 1. The summed E-state index contributed by atoms with van der Waals surface area (Å²) in [5.74, 6) is -4.09. The molecule has 0 spiro atoms. The van der Waals surface area contributed by atoms with Crippen molar-refractivity contribution in [2.75, 3.05) is 30.2 Å². The molecule has 65 heavy (non-hydrogen) atoms. The van der Waals surface area contributed by atoms with Crippen LogP contribution in [0.2, 0.25) is 0 Å². The molecule has 0 saturated carbocycles. The Balaban J connectivity index is 1.08. The van der Waals surface area contributed by atoms with E-state index < -0.39 is 44.4 Å². The molecule has 1 heterocycles. The van der Waals surface area contributed by atoms with E-state index in [1.54, 1.807) is 49.4 Å². The third-order valence-electron chi connectivity index (χ3n) is 10.0. The lowest BCUT2D eigenvalue weighted by Gasteiger charge is -2.16. The maximum Gasteiger partial charge on any atom is 0.294 e. The Morgan fingerprint density at radius 3 is 2.08 bits per heavy atom. The molecular weight excluding hydrogens is 861 g/mol. The number of Topliss-reactive ketones (excluding diaryl/α,β-unsaturated/α-hetero) is 2. The minimum atomic E-state index is -4.55. The van der Waals surface area contributed by atoms with Gasteiger partial charge in [0.05, 0.1) is 53.9 Å². The van der Waals surface area contributed by atoms with Crippen LogP contribution < -0.4 is 25.4 Å². The number of carbonyl (C=O) groups is 5. The largest absolute Gasteiger partial charge is 0.508 e. The van der Waals surface area contributed by atoms with E-state index in [1.807, 2.05) is 0 Å². The molecule has 6 rings (SSSR count). The van der Waals surface area contributed by atoms with Gasteiger partial charge in [0, 0.05) is 42.1 Å². The number of aromatic amines is 1. The Hall–Kier alpha value is -8.16. The van der Waals surface area contributed by atoms with E-state index in [4.69, 9.17) is 9.47 Å². The monoisotopic (exact) mass is 902 g/mol.